The molecule has 0 nitrogen and oxygen atoms in total. The fourth-order valence-corrected chi connectivity index (χ4v) is 5.48. The molecule has 0 atom stereocenters. The molecule has 0 saturated heterocycles. The molecule has 5 aromatic rings. The molecule has 1 heteroatoms. The summed E-state index contributed by atoms with van der Waals surface area (Å²) >= 11 is 3.68. The first-order valence-corrected chi connectivity index (χ1v) is 10.5. The summed E-state index contributed by atoms with van der Waals surface area (Å²) < 4.78 is 1.14. The monoisotopic (exact) mass is 422 g/mol. The molecule has 0 aromatic heterocycles. The third-order valence-corrected chi connectivity index (χ3v) is 6.99. The Morgan fingerprint density at radius 2 is 1.04 bits per heavy atom. The Balaban J connectivity index is 1.86. The van der Waals surface area contributed by atoms with Gasteiger partial charge in [-0.3, -0.25) is 0 Å². The fourth-order valence-electron chi connectivity index (χ4n) is 5.12. The number of halogens is 1. The van der Waals surface area contributed by atoms with Gasteiger partial charge < -0.3 is 0 Å². The summed E-state index contributed by atoms with van der Waals surface area (Å²) in [5.74, 6) is 0. The van der Waals surface area contributed by atoms with E-state index in [1.165, 1.54) is 54.6 Å². The minimum absolute atomic E-state index is 0.00626. The van der Waals surface area contributed by atoms with Crippen LogP contribution >= 0.6 is 15.9 Å². The molecule has 0 heterocycles. The second kappa shape index (κ2) is 5.46. The first-order chi connectivity index (χ1) is 13.6. The fraction of sp³-hybridized carbons (Fsp3) is 0.111. The van der Waals surface area contributed by atoms with Crippen molar-refractivity contribution in [1.29, 1.82) is 0 Å². The molecule has 0 aliphatic heterocycles. The van der Waals surface area contributed by atoms with Gasteiger partial charge in [-0.25, -0.2) is 0 Å². The molecular formula is C27H19Br. The summed E-state index contributed by atoms with van der Waals surface area (Å²) in [5, 5.41) is 8.04. The Morgan fingerprint density at radius 3 is 1.64 bits per heavy atom. The SMILES string of the molecule is CC1(C)c2ccc(Br)cc2-c2cc3c4ccccc4c4ccccc4c3cc21. The molecule has 134 valence electrons. The number of rotatable bonds is 0. The molecule has 5 aromatic carbocycles. The molecule has 1 aliphatic rings. The molecular weight excluding hydrogens is 404 g/mol. The lowest BCUT2D eigenvalue weighted by Crippen LogP contribution is -2.14. The van der Waals surface area contributed by atoms with E-state index in [2.05, 4.69) is 109 Å². The normalized spacial score (nSPS) is 14.5. The summed E-state index contributed by atoms with van der Waals surface area (Å²) in [6.45, 7) is 4.70. The third-order valence-electron chi connectivity index (χ3n) is 6.50. The molecule has 0 spiro atoms. The van der Waals surface area contributed by atoms with Gasteiger partial charge in [-0.15, -0.1) is 0 Å². The minimum atomic E-state index is 0.00626. The van der Waals surface area contributed by atoms with Gasteiger partial charge in [-0.1, -0.05) is 84.4 Å². The van der Waals surface area contributed by atoms with E-state index in [1.807, 2.05) is 0 Å². The van der Waals surface area contributed by atoms with Gasteiger partial charge in [0.2, 0.25) is 0 Å². The quantitative estimate of drug-likeness (QED) is 0.220. The van der Waals surface area contributed by atoms with Crippen molar-refractivity contribution in [3.63, 3.8) is 0 Å². The van der Waals surface area contributed by atoms with E-state index in [1.54, 1.807) is 0 Å². The molecule has 0 bridgehead atoms. The number of benzene rings is 5. The molecule has 0 unspecified atom stereocenters. The van der Waals surface area contributed by atoms with Crippen molar-refractivity contribution in [3.05, 3.63) is 94.5 Å². The van der Waals surface area contributed by atoms with Gasteiger partial charge in [0.1, 0.15) is 0 Å². The highest BCUT2D eigenvalue weighted by Gasteiger charge is 2.36. The molecule has 1 aliphatic carbocycles. The number of hydrogen-bond acceptors (Lipinski definition) is 0. The van der Waals surface area contributed by atoms with E-state index in [0.29, 0.717) is 0 Å². The summed E-state index contributed by atoms with van der Waals surface area (Å²) in [6, 6.07) is 29.2. The van der Waals surface area contributed by atoms with E-state index >= 15 is 0 Å². The van der Waals surface area contributed by atoms with Crippen molar-refractivity contribution in [2.45, 2.75) is 19.3 Å². The number of fused-ring (bicyclic) bond motifs is 9. The summed E-state index contributed by atoms with van der Waals surface area (Å²) in [6.07, 6.45) is 0. The second-order valence-electron chi connectivity index (χ2n) is 8.35. The zero-order valence-electron chi connectivity index (χ0n) is 15.9. The molecule has 28 heavy (non-hydrogen) atoms. The topological polar surface area (TPSA) is 0 Å². The van der Waals surface area contributed by atoms with E-state index < -0.39 is 0 Å². The highest BCUT2D eigenvalue weighted by atomic mass is 79.9. The van der Waals surface area contributed by atoms with Crippen molar-refractivity contribution in [3.8, 4) is 11.1 Å². The predicted molar refractivity (Wildman–Crippen MR) is 124 cm³/mol. The third kappa shape index (κ3) is 2.00. The first kappa shape index (κ1) is 16.3. The maximum atomic E-state index is 3.68. The summed E-state index contributed by atoms with van der Waals surface area (Å²) in [7, 11) is 0. The van der Waals surface area contributed by atoms with Crippen LogP contribution in [-0.4, -0.2) is 0 Å². The van der Waals surface area contributed by atoms with Gasteiger partial charge in [-0.2, -0.15) is 0 Å². The van der Waals surface area contributed by atoms with Crippen LogP contribution in [0.5, 0.6) is 0 Å². The van der Waals surface area contributed by atoms with Gasteiger partial charge >= 0.3 is 0 Å². The van der Waals surface area contributed by atoms with Crippen molar-refractivity contribution in [1.82, 2.24) is 0 Å². The maximum absolute atomic E-state index is 3.68. The predicted octanol–water partition coefficient (Wildman–Crippen LogP) is 8.22. The van der Waals surface area contributed by atoms with Crippen molar-refractivity contribution < 1.29 is 0 Å². The van der Waals surface area contributed by atoms with Gasteiger partial charge in [-0.05, 0) is 78.8 Å². The zero-order chi connectivity index (χ0) is 19.0. The lowest BCUT2D eigenvalue weighted by atomic mass is 9.81. The Hall–Kier alpha value is -2.64. The molecule has 0 amide bonds. The first-order valence-electron chi connectivity index (χ1n) is 9.74. The second-order valence-corrected chi connectivity index (χ2v) is 9.27. The van der Waals surface area contributed by atoms with Crippen LogP contribution in [0.15, 0.2) is 83.3 Å². The highest BCUT2D eigenvalue weighted by molar-refractivity contribution is 9.10. The Bertz CT molecular complexity index is 1440. The molecule has 0 radical (unpaired) electrons. The highest BCUT2D eigenvalue weighted by Crippen LogP contribution is 2.51. The average molecular weight is 423 g/mol. The van der Waals surface area contributed by atoms with Gasteiger partial charge in [0, 0.05) is 9.89 Å². The van der Waals surface area contributed by atoms with Gasteiger partial charge in [0.05, 0.1) is 0 Å². The van der Waals surface area contributed by atoms with Crippen LogP contribution in [0.4, 0.5) is 0 Å². The smallest absolute Gasteiger partial charge is 0.0181 e. The Labute approximate surface area is 172 Å². The summed E-state index contributed by atoms with van der Waals surface area (Å²) in [4.78, 5) is 0. The van der Waals surface area contributed by atoms with Gasteiger partial charge in [0.25, 0.3) is 0 Å². The molecule has 0 fully saturated rings. The van der Waals surface area contributed by atoms with Crippen LogP contribution in [0.2, 0.25) is 0 Å². The van der Waals surface area contributed by atoms with E-state index in [-0.39, 0.29) is 5.41 Å². The molecule has 6 rings (SSSR count). The van der Waals surface area contributed by atoms with Crippen LogP contribution < -0.4 is 0 Å². The lowest BCUT2D eigenvalue weighted by Gasteiger charge is -2.22. The van der Waals surface area contributed by atoms with Crippen LogP contribution in [0.25, 0.3) is 43.4 Å². The van der Waals surface area contributed by atoms with E-state index in [9.17, 15) is 0 Å². The van der Waals surface area contributed by atoms with E-state index in [0.717, 1.165) is 4.47 Å². The lowest BCUT2D eigenvalue weighted by molar-refractivity contribution is 0.661. The summed E-state index contributed by atoms with van der Waals surface area (Å²) in [5.41, 5.74) is 5.57. The van der Waals surface area contributed by atoms with Crippen LogP contribution in [0, 0.1) is 0 Å². The molecule has 0 N–H and O–H groups in total. The number of hydrogen-bond donors (Lipinski definition) is 0. The zero-order valence-corrected chi connectivity index (χ0v) is 17.5. The standard InChI is InChI=1S/C27H19Br/c1-27(2)25-12-11-16(28)13-23(25)24-14-21-19-9-5-3-7-17(19)18-8-4-6-10-20(18)22(21)15-26(24)27/h3-15H,1-2H3. The van der Waals surface area contributed by atoms with E-state index in [4.69, 9.17) is 0 Å². The minimum Gasteiger partial charge on any atom is -0.0616 e. The van der Waals surface area contributed by atoms with Crippen molar-refractivity contribution in [2.75, 3.05) is 0 Å². The Kier molecular flexibility index (Phi) is 3.18. The largest absolute Gasteiger partial charge is 0.0616 e. The Morgan fingerprint density at radius 1 is 0.536 bits per heavy atom. The van der Waals surface area contributed by atoms with Crippen LogP contribution in [0.3, 0.4) is 0 Å². The van der Waals surface area contributed by atoms with Crippen molar-refractivity contribution >= 4 is 48.2 Å². The van der Waals surface area contributed by atoms with Crippen molar-refractivity contribution in [2.24, 2.45) is 0 Å². The van der Waals surface area contributed by atoms with Gasteiger partial charge in [0.15, 0.2) is 0 Å². The van der Waals surface area contributed by atoms with Crippen LogP contribution in [-0.2, 0) is 5.41 Å². The molecule has 0 saturated carbocycles. The maximum Gasteiger partial charge on any atom is 0.0181 e. The van der Waals surface area contributed by atoms with Crippen LogP contribution in [0.1, 0.15) is 25.0 Å². The average Bonchev–Trinajstić information content (AvgIpc) is 2.93.